The van der Waals surface area contributed by atoms with E-state index in [1.807, 2.05) is 6.92 Å². The molecule has 2 N–H and O–H groups in total. The molecule has 1 heterocycles. The molecule has 1 unspecified atom stereocenters. The second-order valence-corrected chi connectivity index (χ2v) is 8.90. The van der Waals surface area contributed by atoms with Gasteiger partial charge < -0.3 is 19.7 Å². The quantitative estimate of drug-likeness (QED) is 0.620. The molecule has 32 heavy (non-hydrogen) atoms. The summed E-state index contributed by atoms with van der Waals surface area (Å²) in [6, 6.07) is 11.4. The van der Waals surface area contributed by atoms with Gasteiger partial charge in [-0.25, -0.2) is 8.42 Å². The number of nitrogens with one attached hydrogen (secondary N) is 2. The summed E-state index contributed by atoms with van der Waals surface area (Å²) >= 11 is 0. The van der Waals surface area contributed by atoms with Crippen molar-refractivity contribution in [3.63, 3.8) is 0 Å². The van der Waals surface area contributed by atoms with Crippen LogP contribution in [-0.4, -0.2) is 64.1 Å². The summed E-state index contributed by atoms with van der Waals surface area (Å²) < 4.78 is 38.3. The number of carbonyl (C=O) groups is 2. The topological polar surface area (TPSA) is 114 Å². The highest BCUT2D eigenvalue weighted by Gasteiger charge is 2.24. The van der Waals surface area contributed by atoms with Crippen molar-refractivity contribution in [2.75, 3.05) is 37.6 Å². The van der Waals surface area contributed by atoms with Gasteiger partial charge in [0.1, 0.15) is 11.8 Å². The largest absolute Gasteiger partial charge is 0.494 e. The lowest BCUT2D eigenvalue weighted by Crippen LogP contribution is -2.50. The van der Waals surface area contributed by atoms with E-state index in [1.54, 1.807) is 36.1 Å². The van der Waals surface area contributed by atoms with Crippen molar-refractivity contribution in [1.82, 2.24) is 10.2 Å². The molecule has 2 aromatic carbocycles. The van der Waals surface area contributed by atoms with Gasteiger partial charge in [-0.1, -0.05) is 0 Å². The summed E-state index contributed by atoms with van der Waals surface area (Å²) in [4.78, 5) is 26.6. The molecule has 1 aliphatic rings. The number of hydrogen-bond acceptors (Lipinski definition) is 6. The molecule has 0 aromatic heterocycles. The molecule has 1 atom stereocenters. The molecular weight excluding hydrogens is 434 g/mol. The number of nitrogens with zero attached hydrogens (tertiary/aromatic N) is 1. The van der Waals surface area contributed by atoms with Gasteiger partial charge in [0.15, 0.2) is 0 Å². The first-order valence-corrected chi connectivity index (χ1v) is 11.8. The minimum atomic E-state index is -3.83. The summed E-state index contributed by atoms with van der Waals surface area (Å²) in [5, 5.41) is 2.66. The third-order valence-electron chi connectivity index (χ3n) is 4.89. The molecule has 1 fully saturated rings. The van der Waals surface area contributed by atoms with Gasteiger partial charge in [-0.15, -0.1) is 0 Å². The van der Waals surface area contributed by atoms with Gasteiger partial charge in [0, 0.05) is 24.3 Å². The number of carbonyl (C=O) groups excluding carboxylic acids is 2. The molecule has 0 radical (unpaired) electrons. The molecule has 3 rings (SSSR count). The lowest BCUT2D eigenvalue weighted by molar-refractivity contribution is -0.136. The summed E-state index contributed by atoms with van der Waals surface area (Å²) in [5.41, 5.74) is 0.650. The van der Waals surface area contributed by atoms with E-state index in [9.17, 15) is 18.0 Å². The van der Waals surface area contributed by atoms with E-state index in [0.717, 1.165) is 0 Å². The minimum Gasteiger partial charge on any atom is -0.494 e. The minimum absolute atomic E-state index is 0.0142. The highest BCUT2D eigenvalue weighted by atomic mass is 32.2. The molecule has 172 valence electrons. The third kappa shape index (κ3) is 5.98. The van der Waals surface area contributed by atoms with Crippen LogP contribution in [0.2, 0.25) is 0 Å². The van der Waals surface area contributed by atoms with Crippen LogP contribution in [-0.2, 0) is 19.6 Å². The molecule has 9 nitrogen and oxygen atoms in total. The first kappa shape index (κ1) is 23.6. The number of amides is 2. The Kier molecular flexibility index (Phi) is 7.70. The maximum atomic E-state index is 12.6. The van der Waals surface area contributed by atoms with Crippen LogP contribution in [0.4, 0.5) is 5.69 Å². The number of ether oxygens (including phenoxy) is 2. The van der Waals surface area contributed by atoms with Crippen molar-refractivity contribution in [1.29, 1.82) is 0 Å². The Morgan fingerprint density at radius 3 is 2.28 bits per heavy atom. The summed E-state index contributed by atoms with van der Waals surface area (Å²) in [7, 11) is -3.83. The SMILES string of the molecule is CCOc1ccc(NS(=O)(=O)c2ccc(C(=O)NC(C)C(=O)N3CCOCC3)cc2)cc1. The Hall–Kier alpha value is -3.11. The van der Waals surface area contributed by atoms with E-state index in [2.05, 4.69) is 10.0 Å². The Bertz CT molecular complexity index is 1030. The zero-order valence-corrected chi connectivity index (χ0v) is 18.9. The average Bonchev–Trinajstić information content (AvgIpc) is 2.80. The normalized spacial score (nSPS) is 15.0. The smallest absolute Gasteiger partial charge is 0.261 e. The zero-order valence-electron chi connectivity index (χ0n) is 18.0. The molecule has 1 aliphatic heterocycles. The van der Waals surface area contributed by atoms with E-state index < -0.39 is 22.0 Å². The van der Waals surface area contributed by atoms with Gasteiger partial charge in [-0.05, 0) is 62.4 Å². The molecule has 0 bridgehead atoms. The number of anilines is 1. The zero-order chi connectivity index (χ0) is 23.1. The van der Waals surface area contributed by atoms with Gasteiger partial charge in [-0.3, -0.25) is 14.3 Å². The van der Waals surface area contributed by atoms with Crippen LogP contribution >= 0.6 is 0 Å². The lowest BCUT2D eigenvalue weighted by Gasteiger charge is -2.29. The van der Waals surface area contributed by atoms with E-state index in [4.69, 9.17) is 9.47 Å². The fourth-order valence-corrected chi connectivity index (χ4v) is 4.24. The van der Waals surface area contributed by atoms with Crippen molar-refractivity contribution in [3.05, 3.63) is 54.1 Å². The fraction of sp³-hybridized carbons (Fsp3) is 0.364. The highest BCUT2D eigenvalue weighted by Crippen LogP contribution is 2.20. The van der Waals surface area contributed by atoms with Crippen molar-refractivity contribution >= 4 is 27.5 Å². The third-order valence-corrected chi connectivity index (χ3v) is 6.28. The second kappa shape index (κ2) is 10.5. The number of morpholine rings is 1. The molecular formula is C22H27N3O6S. The molecule has 2 aromatic rings. The van der Waals surface area contributed by atoms with E-state index in [1.165, 1.54) is 24.3 Å². The summed E-state index contributed by atoms with van der Waals surface area (Å²) in [6.45, 7) is 5.95. The van der Waals surface area contributed by atoms with E-state index in [0.29, 0.717) is 44.3 Å². The predicted molar refractivity (Wildman–Crippen MR) is 119 cm³/mol. The first-order chi connectivity index (χ1) is 15.3. The van der Waals surface area contributed by atoms with Gasteiger partial charge in [0.05, 0.1) is 24.7 Å². The van der Waals surface area contributed by atoms with Crippen LogP contribution in [0.25, 0.3) is 0 Å². The Balaban J connectivity index is 1.61. The standard InChI is InChI=1S/C22H27N3O6S/c1-3-31-19-8-6-18(7-9-19)24-32(28,29)20-10-4-17(5-11-20)21(26)23-16(2)22(27)25-12-14-30-15-13-25/h4-11,16,24H,3,12-15H2,1-2H3,(H,23,26). The van der Waals surface area contributed by atoms with Crippen LogP contribution in [0.5, 0.6) is 5.75 Å². The average molecular weight is 462 g/mol. The molecule has 0 spiro atoms. The highest BCUT2D eigenvalue weighted by molar-refractivity contribution is 7.92. The second-order valence-electron chi connectivity index (χ2n) is 7.22. The van der Waals surface area contributed by atoms with E-state index in [-0.39, 0.29) is 16.4 Å². The molecule has 2 amide bonds. The van der Waals surface area contributed by atoms with Gasteiger partial charge >= 0.3 is 0 Å². The Labute approximate surface area is 187 Å². The maximum absolute atomic E-state index is 12.6. The van der Waals surface area contributed by atoms with Crippen LogP contribution in [0.15, 0.2) is 53.4 Å². The number of sulfonamides is 1. The van der Waals surface area contributed by atoms with Crippen molar-refractivity contribution < 1.29 is 27.5 Å². The number of benzene rings is 2. The van der Waals surface area contributed by atoms with Crippen LogP contribution in [0.1, 0.15) is 24.2 Å². The molecule has 0 aliphatic carbocycles. The molecule has 10 heteroatoms. The molecule has 1 saturated heterocycles. The van der Waals surface area contributed by atoms with Crippen LogP contribution in [0, 0.1) is 0 Å². The number of rotatable bonds is 8. The van der Waals surface area contributed by atoms with Crippen molar-refractivity contribution in [3.8, 4) is 5.75 Å². The maximum Gasteiger partial charge on any atom is 0.261 e. The van der Waals surface area contributed by atoms with E-state index >= 15 is 0 Å². The van der Waals surface area contributed by atoms with Gasteiger partial charge in [0.25, 0.3) is 15.9 Å². The van der Waals surface area contributed by atoms with Crippen molar-refractivity contribution in [2.24, 2.45) is 0 Å². The monoisotopic (exact) mass is 461 g/mol. The Morgan fingerprint density at radius 1 is 1.06 bits per heavy atom. The van der Waals surface area contributed by atoms with Crippen LogP contribution < -0.4 is 14.8 Å². The number of hydrogen-bond donors (Lipinski definition) is 2. The van der Waals surface area contributed by atoms with Crippen LogP contribution in [0.3, 0.4) is 0 Å². The summed E-state index contributed by atoms with van der Waals surface area (Å²) in [5.74, 6) is 0.00933. The van der Waals surface area contributed by atoms with Gasteiger partial charge in [-0.2, -0.15) is 0 Å². The van der Waals surface area contributed by atoms with Gasteiger partial charge in [0.2, 0.25) is 5.91 Å². The first-order valence-electron chi connectivity index (χ1n) is 10.3. The summed E-state index contributed by atoms with van der Waals surface area (Å²) in [6.07, 6.45) is 0. The predicted octanol–water partition coefficient (Wildman–Crippen LogP) is 1.86. The fourth-order valence-electron chi connectivity index (χ4n) is 3.18. The van der Waals surface area contributed by atoms with Crippen molar-refractivity contribution in [2.45, 2.75) is 24.8 Å². The lowest BCUT2D eigenvalue weighted by atomic mass is 10.2. The molecule has 0 saturated carbocycles. The Morgan fingerprint density at radius 2 is 1.69 bits per heavy atom.